The Bertz CT molecular complexity index is 596. The Morgan fingerprint density at radius 1 is 1.00 bits per heavy atom. The molecule has 0 bridgehead atoms. The van der Waals surface area contributed by atoms with E-state index >= 15 is 0 Å². The molecule has 112 valence electrons. The molecule has 1 aromatic rings. The molecule has 0 atom stereocenters. The van der Waals surface area contributed by atoms with Crippen molar-refractivity contribution >= 4 is 44.8 Å². The van der Waals surface area contributed by atoms with E-state index in [1.807, 2.05) is 0 Å². The van der Waals surface area contributed by atoms with Crippen molar-refractivity contribution in [3.63, 3.8) is 0 Å². The monoisotopic (exact) mass is 355 g/mol. The summed E-state index contributed by atoms with van der Waals surface area (Å²) in [6, 6.07) is 2.60. The summed E-state index contributed by atoms with van der Waals surface area (Å²) in [6.07, 6.45) is 3.75. The third kappa shape index (κ3) is 3.80. The van der Waals surface area contributed by atoms with Gasteiger partial charge in [-0.3, -0.25) is 0 Å². The molecule has 1 aromatic carbocycles. The minimum Gasteiger partial charge on any atom is -0.208 e. The molecule has 1 saturated carbocycles. The largest absolute Gasteiger partial charge is 0.242 e. The first-order valence-corrected chi connectivity index (χ1v) is 9.08. The second kappa shape index (κ2) is 6.41. The molecule has 0 saturated heterocycles. The van der Waals surface area contributed by atoms with E-state index in [0.717, 1.165) is 25.7 Å². The van der Waals surface area contributed by atoms with E-state index in [1.165, 1.54) is 12.1 Å². The normalized spacial score (nSPS) is 23.8. The van der Waals surface area contributed by atoms with Gasteiger partial charge in [-0.25, -0.2) is 13.1 Å². The second-order valence-electron chi connectivity index (χ2n) is 5.27. The number of rotatable bonds is 3. The Kier molecular flexibility index (Phi) is 5.24. The summed E-state index contributed by atoms with van der Waals surface area (Å²) in [5.74, 6) is 0.657. The molecule has 0 heterocycles. The lowest BCUT2D eigenvalue weighted by atomic mass is 9.88. The molecule has 20 heavy (non-hydrogen) atoms. The Labute approximate surface area is 134 Å². The summed E-state index contributed by atoms with van der Waals surface area (Å²) in [6.45, 7) is 2.18. The molecule has 1 aliphatic carbocycles. The van der Waals surface area contributed by atoms with Crippen molar-refractivity contribution in [3.8, 4) is 0 Å². The van der Waals surface area contributed by atoms with Gasteiger partial charge in [0.2, 0.25) is 10.0 Å². The molecular weight excluding hydrogens is 341 g/mol. The molecule has 2 rings (SSSR count). The summed E-state index contributed by atoms with van der Waals surface area (Å²) in [5.41, 5.74) is 0. The van der Waals surface area contributed by atoms with E-state index in [9.17, 15) is 8.42 Å². The number of sulfonamides is 1. The maximum absolute atomic E-state index is 12.4. The van der Waals surface area contributed by atoms with Gasteiger partial charge in [0.25, 0.3) is 0 Å². The van der Waals surface area contributed by atoms with Crippen LogP contribution in [0.2, 0.25) is 15.1 Å². The van der Waals surface area contributed by atoms with E-state index in [4.69, 9.17) is 34.8 Å². The van der Waals surface area contributed by atoms with Crippen molar-refractivity contribution < 1.29 is 8.42 Å². The van der Waals surface area contributed by atoms with E-state index < -0.39 is 10.0 Å². The minimum atomic E-state index is -3.67. The highest BCUT2D eigenvalue weighted by Gasteiger charge is 2.26. The molecule has 3 nitrogen and oxygen atoms in total. The summed E-state index contributed by atoms with van der Waals surface area (Å²) >= 11 is 17.6. The first kappa shape index (κ1) is 16.4. The SMILES string of the molecule is CC1CCC(NS(=O)(=O)c2cc(Cl)c(Cl)cc2Cl)CC1. The van der Waals surface area contributed by atoms with Crippen LogP contribution in [0.4, 0.5) is 0 Å². The van der Waals surface area contributed by atoms with Crippen LogP contribution < -0.4 is 4.72 Å². The van der Waals surface area contributed by atoms with Crippen molar-refractivity contribution in [2.24, 2.45) is 5.92 Å². The third-order valence-corrected chi connectivity index (χ3v) is 6.31. The summed E-state index contributed by atoms with van der Waals surface area (Å²) in [7, 11) is -3.67. The van der Waals surface area contributed by atoms with Crippen LogP contribution in [0.5, 0.6) is 0 Å². The number of nitrogens with one attached hydrogen (secondary N) is 1. The van der Waals surface area contributed by atoms with Gasteiger partial charge in [-0.15, -0.1) is 0 Å². The average molecular weight is 357 g/mol. The van der Waals surface area contributed by atoms with E-state index in [2.05, 4.69) is 11.6 Å². The Balaban J connectivity index is 2.20. The van der Waals surface area contributed by atoms with Crippen molar-refractivity contribution in [2.75, 3.05) is 0 Å². The highest BCUT2D eigenvalue weighted by molar-refractivity contribution is 7.89. The molecule has 7 heteroatoms. The third-order valence-electron chi connectivity index (χ3n) is 3.60. The Hall–Kier alpha value is -0.000000000000000111. The molecule has 0 unspecified atom stereocenters. The molecule has 0 aromatic heterocycles. The van der Waals surface area contributed by atoms with Gasteiger partial charge in [-0.1, -0.05) is 41.7 Å². The van der Waals surface area contributed by atoms with E-state index in [-0.39, 0.29) is 26.0 Å². The molecule has 0 spiro atoms. The van der Waals surface area contributed by atoms with Crippen molar-refractivity contribution in [3.05, 3.63) is 27.2 Å². The fraction of sp³-hybridized carbons (Fsp3) is 0.538. The second-order valence-corrected chi connectivity index (χ2v) is 8.18. The predicted molar refractivity (Wildman–Crippen MR) is 83.2 cm³/mol. The number of halogens is 3. The van der Waals surface area contributed by atoms with Gasteiger partial charge in [-0.2, -0.15) is 0 Å². The molecule has 1 aliphatic rings. The summed E-state index contributed by atoms with van der Waals surface area (Å²) in [5, 5.41) is 0.492. The smallest absolute Gasteiger partial charge is 0.208 e. The molecule has 0 radical (unpaired) electrons. The average Bonchev–Trinajstić information content (AvgIpc) is 2.36. The van der Waals surface area contributed by atoms with Crippen LogP contribution in [0.3, 0.4) is 0 Å². The highest BCUT2D eigenvalue weighted by atomic mass is 35.5. The van der Waals surface area contributed by atoms with Crippen LogP contribution in [-0.2, 0) is 10.0 Å². The van der Waals surface area contributed by atoms with E-state index in [0.29, 0.717) is 5.92 Å². The topological polar surface area (TPSA) is 46.2 Å². The van der Waals surface area contributed by atoms with E-state index in [1.54, 1.807) is 0 Å². The fourth-order valence-electron chi connectivity index (χ4n) is 2.37. The van der Waals surface area contributed by atoms with Crippen LogP contribution in [0.1, 0.15) is 32.6 Å². The van der Waals surface area contributed by atoms with Gasteiger partial charge in [0.1, 0.15) is 4.90 Å². The lowest BCUT2D eigenvalue weighted by Gasteiger charge is -2.26. The molecule has 1 fully saturated rings. The van der Waals surface area contributed by atoms with Gasteiger partial charge in [0.05, 0.1) is 15.1 Å². The van der Waals surface area contributed by atoms with Gasteiger partial charge >= 0.3 is 0 Å². The number of hydrogen-bond donors (Lipinski definition) is 1. The predicted octanol–water partition coefficient (Wildman–Crippen LogP) is 4.50. The zero-order valence-electron chi connectivity index (χ0n) is 11.0. The van der Waals surface area contributed by atoms with Gasteiger partial charge in [0, 0.05) is 6.04 Å². The molecule has 0 amide bonds. The Morgan fingerprint density at radius 3 is 2.15 bits per heavy atom. The zero-order chi connectivity index (χ0) is 14.9. The van der Waals surface area contributed by atoms with Crippen molar-refractivity contribution in [1.29, 1.82) is 0 Å². The van der Waals surface area contributed by atoms with Crippen LogP contribution >= 0.6 is 34.8 Å². The lowest BCUT2D eigenvalue weighted by molar-refractivity contribution is 0.332. The van der Waals surface area contributed by atoms with Crippen LogP contribution in [0, 0.1) is 5.92 Å². The number of benzene rings is 1. The summed E-state index contributed by atoms with van der Waals surface area (Å²) < 4.78 is 27.4. The highest BCUT2D eigenvalue weighted by Crippen LogP contribution is 2.32. The van der Waals surface area contributed by atoms with Crippen molar-refractivity contribution in [1.82, 2.24) is 4.72 Å². The molecule has 1 N–H and O–H groups in total. The maximum Gasteiger partial charge on any atom is 0.242 e. The van der Waals surface area contributed by atoms with Crippen molar-refractivity contribution in [2.45, 2.75) is 43.5 Å². The van der Waals surface area contributed by atoms with Gasteiger partial charge in [0.15, 0.2) is 0 Å². The summed E-state index contributed by atoms with van der Waals surface area (Å²) in [4.78, 5) is -0.0211. The molecular formula is C13H16Cl3NO2S. The van der Waals surface area contributed by atoms with Crippen LogP contribution in [0.15, 0.2) is 17.0 Å². The minimum absolute atomic E-state index is 0.0211. The Morgan fingerprint density at radius 2 is 1.55 bits per heavy atom. The van der Waals surface area contributed by atoms with Gasteiger partial charge in [-0.05, 0) is 43.7 Å². The first-order chi connectivity index (χ1) is 9.29. The van der Waals surface area contributed by atoms with Gasteiger partial charge < -0.3 is 0 Å². The standard InChI is InChI=1S/C13H16Cl3NO2S/c1-8-2-4-9(5-3-8)17-20(18,19)13-7-11(15)10(14)6-12(13)16/h6-9,17H,2-5H2,1H3. The fourth-order valence-corrected chi connectivity index (χ4v) is 4.68. The quantitative estimate of drug-likeness (QED) is 0.810. The van der Waals surface area contributed by atoms with Crippen LogP contribution in [0.25, 0.3) is 0 Å². The zero-order valence-corrected chi connectivity index (χ0v) is 14.1. The lowest BCUT2D eigenvalue weighted by Crippen LogP contribution is -2.37. The first-order valence-electron chi connectivity index (χ1n) is 6.46. The van der Waals surface area contributed by atoms with Crippen LogP contribution in [-0.4, -0.2) is 14.5 Å². The molecule has 0 aliphatic heterocycles. The number of hydrogen-bond acceptors (Lipinski definition) is 2. The maximum atomic E-state index is 12.4.